The molecule has 0 aliphatic carbocycles. The van der Waals surface area contributed by atoms with Gasteiger partial charge in [-0.05, 0) is 0 Å². The zero-order chi connectivity index (χ0) is 4.50. The predicted molar refractivity (Wildman–Crippen MR) is 17.1 cm³/mol. The van der Waals surface area contributed by atoms with Crippen molar-refractivity contribution >= 4 is 33.0 Å². The monoisotopic (exact) mass is 344 g/mol. The molecule has 40 valence electrons. The molecule has 0 aromatic carbocycles. The summed E-state index contributed by atoms with van der Waals surface area (Å²) in [5.41, 5.74) is 0. The topological polar surface area (TPSA) is 92.2 Å². The van der Waals surface area contributed by atoms with Crippen molar-refractivity contribution in [2.45, 2.75) is 0 Å². The molecular formula is H4O4SiSnZn2. The Bertz CT molecular complexity index is 29.5. The fraction of sp³-hybridized carbons (Fsp3) is 0. The van der Waals surface area contributed by atoms with Gasteiger partial charge in [0.25, 0.3) is 0 Å². The molecule has 0 aromatic rings. The smallest absolute Gasteiger partial charge is 2.00 e. The molecule has 0 saturated carbocycles. The molecule has 0 radical (unpaired) electrons. The van der Waals surface area contributed by atoms with Crippen LogP contribution in [0.4, 0.5) is 0 Å². The van der Waals surface area contributed by atoms with E-state index >= 15 is 0 Å². The van der Waals surface area contributed by atoms with E-state index in [1.54, 1.807) is 0 Å². The summed E-state index contributed by atoms with van der Waals surface area (Å²) in [6, 6.07) is 0. The Morgan fingerprint density at radius 1 is 0.750 bits per heavy atom. The van der Waals surface area contributed by atoms with E-state index in [4.69, 9.17) is 19.2 Å². The van der Waals surface area contributed by atoms with Gasteiger partial charge in [0.2, 0.25) is 0 Å². The SMILES string of the molecule is [O-][Si]([O-])([O-])[O-].[SnH4].[Zn+2].[Zn+2]. The second-order valence-corrected chi connectivity index (χ2v) is 1.50. The van der Waals surface area contributed by atoms with Gasteiger partial charge in [-0.3, -0.25) is 0 Å². The van der Waals surface area contributed by atoms with Gasteiger partial charge in [-0.15, -0.1) is 0 Å². The van der Waals surface area contributed by atoms with Crippen LogP contribution in [0.2, 0.25) is 0 Å². The molecule has 8 heteroatoms. The van der Waals surface area contributed by atoms with E-state index in [1.807, 2.05) is 0 Å². The quantitative estimate of drug-likeness (QED) is 0.408. The number of hydrogen-bond donors (Lipinski definition) is 0. The molecule has 0 atom stereocenters. The Morgan fingerprint density at radius 2 is 0.750 bits per heavy atom. The first kappa shape index (κ1) is 22.5. The Kier molecular flexibility index (Phi) is 25.6. The molecule has 0 heterocycles. The van der Waals surface area contributed by atoms with Crippen LogP contribution in [0.5, 0.6) is 0 Å². The summed E-state index contributed by atoms with van der Waals surface area (Å²) in [5, 5.41) is 0. The summed E-state index contributed by atoms with van der Waals surface area (Å²) in [5.74, 6) is 0. The maximum absolute atomic E-state index is 8.58. The van der Waals surface area contributed by atoms with Crippen LogP contribution in [0.25, 0.3) is 0 Å². The third kappa shape index (κ3) is 92.5. The minimum atomic E-state index is -5.61. The molecule has 0 rings (SSSR count). The van der Waals surface area contributed by atoms with Gasteiger partial charge in [-0.2, -0.15) is 0 Å². The Morgan fingerprint density at radius 3 is 0.750 bits per heavy atom. The zero-order valence-corrected chi connectivity index (χ0v) is 10.5. The molecule has 4 nitrogen and oxygen atoms in total. The van der Waals surface area contributed by atoms with Gasteiger partial charge in [0.05, 0.1) is 0 Å². The summed E-state index contributed by atoms with van der Waals surface area (Å²) in [6.07, 6.45) is 0. The van der Waals surface area contributed by atoms with Crippen LogP contribution in [0.15, 0.2) is 0 Å². The molecule has 0 fully saturated rings. The Labute approximate surface area is 90.3 Å². The van der Waals surface area contributed by atoms with Crippen molar-refractivity contribution in [3.05, 3.63) is 0 Å². The second-order valence-electron chi connectivity index (χ2n) is 0.500. The van der Waals surface area contributed by atoms with Crippen molar-refractivity contribution in [2.24, 2.45) is 0 Å². The van der Waals surface area contributed by atoms with E-state index in [0.717, 1.165) is 0 Å². The first-order valence-corrected chi connectivity index (χ1v) is 2.45. The molecule has 8 heavy (non-hydrogen) atoms. The van der Waals surface area contributed by atoms with Crippen molar-refractivity contribution in [3.63, 3.8) is 0 Å². The van der Waals surface area contributed by atoms with Crippen molar-refractivity contribution in [1.82, 2.24) is 0 Å². The van der Waals surface area contributed by atoms with Gasteiger partial charge in [-0.25, -0.2) is 0 Å². The molecule has 0 aliphatic rings. The van der Waals surface area contributed by atoms with Crippen molar-refractivity contribution in [2.75, 3.05) is 0 Å². The minimum absolute atomic E-state index is 0. The van der Waals surface area contributed by atoms with Gasteiger partial charge in [-0.1, -0.05) is 0 Å². The third-order valence-corrected chi connectivity index (χ3v) is 0. The van der Waals surface area contributed by atoms with Crippen LogP contribution >= 0.6 is 0 Å². The maximum Gasteiger partial charge on any atom is 2.00 e. The maximum atomic E-state index is 8.58. The van der Waals surface area contributed by atoms with Crippen molar-refractivity contribution in [3.8, 4) is 0 Å². The van der Waals surface area contributed by atoms with Crippen molar-refractivity contribution < 1.29 is 58.1 Å². The van der Waals surface area contributed by atoms with Gasteiger partial charge in [0.15, 0.2) is 0 Å². The average molecular weight is 346 g/mol. The Balaban J connectivity index is -0.0000000267. The Hall–Kier alpha value is 2.10. The van der Waals surface area contributed by atoms with E-state index in [0.29, 0.717) is 0 Å². The molecule has 0 aliphatic heterocycles. The number of rotatable bonds is 0. The van der Waals surface area contributed by atoms with Crippen LogP contribution in [0.3, 0.4) is 0 Å². The van der Waals surface area contributed by atoms with Crippen LogP contribution in [-0.4, -0.2) is 33.0 Å². The van der Waals surface area contributed by atoms with Crippen LogP contribution in [0, 0.1) is 0 Å². The van der Waals surface area contributed by atoms with E-state index < -0.39 is 9.05 Å². The number of hydrogen-bond acceptors (Lipinski definition) is 4. The third-order valence-electron chi connectivity index (χ3n) is 0. The van der Waals surface area contributed by atoms with E-state index in [-0.39, 0.29) is 62.9 Å². The molecule has 0 amide bonds. The summed E-state index contributed by atoms with van der Waals surface area (Å²) < 4.78 is 0. The van der Waals surface area contributed by atoms with E-state index in [9.17, 15) is 0 Å². The van der Waals surface area contributed by atoms with Gasteiger partial charge in [0, 0.05) is 0 Å². The van der Waals surface area contributed by atoms with E-state index in [2.05, 4.69) is 0 Å². The molecule has 0 unspecified atom stereocenters. The predicted octanol–water partition coefficient (Wildman–Crippen LogP) is -6.59. The second kappa shape index (κ2) is 9.10. The first-order chi connectivity index (χ1) is 2.00. The first-order valence-electron chi connectivity index (χ1n) is 0.816. The molecule has 0 aromatic heterocycles. The normalized spacial score (nSPS) is 7.50. The van der Waals surface area contributed by atoms with Crippen LogP contribution in [0.1, 0.15) is 0 Å². The van der Waals surface area contributed by atoms with Crippen molar-refractivity contribution in [1.29, 1.82) is 0 Å². The summed E-state index contributed by atoms with van der Waals surface area (Å²) >= 11 is 0. The molecule has 0 spiro atoms. The summed E-state index contributed by atoms with van der Waals surface area (Å²) in [4.78, 5) is 34.3. The van der Waals surface area contributed by atoms with Crippen LogP contribution < -0.4 is 19.2 Å². The van der Waals surface area contributed by atoms with Gasteiger partial charge < -0.3 is 28.2 Å². The van der Waals surface area contributed by atoms with E-state index in [1.165, 1.54) is 0 Å². The fourth-order valence-corrected chi connectivity index (χ4v) is 0. The molecule has 0 bridgehead atoms. The fourth-order valence-electron chi connectivity index (χ4n) is 0. The van der Waals surface area contributed by atoms with Gasteiger partial charge in [0.1, 0.15) is 0 Å². The summed E-state index contributed by atoms with van der Waals surface area (Å²) in [6.45, 7) is 0. The molecule has 0 N–H and O–H groups in total. The minimum Gasteiger partial charge on any atom is 2.00 e. The molecular weight excluding hydrogens is 342 g/mol. The summed E-state index contributed by atoms with van der Waals surface area (Å²) in [7, 11) is -5.61. The standard InChI is InChI=1S/O4Si.Sn.2Zn.4H/c1-5(2,3)4;;;;;;;/q-4;;2*+2;;;;. The van der Waals surface area contributed by atoms with Crippen LogP contribution in [-0.2, 0) is 39.0 Å². The average Bonchev–Trinajstić information content (AvgIpc) is 0.722. The largest absolute Gasteiger partial charge is 2.00 e. The molecule has 0 saturated heterocycles. The zero-order valence-electron chi connectivity index (χ0n) is 3.55. The van der Waals surface area contributed by atoms with Gasteiger partial charge >= 0.3 is 62.9 Å².